The van der Waals surface area contributed by atoms with Gasteiger partial charge in [0.25, 0.3) is 0 Å². The summed E-state index contributed by atoms with van der Waals surface area (Å²) >= 11 is 0. The molecule has 0 fully saturated rings. The van der Waals surface area contributed by atoms with Crippen LogP contribution in [0.2, 0.25) is 0 Å². The largest absolute Gasteiger partial charge is 0.384 e. The Balaban J connectivity index is 1.83. The van der Waals surface area contributed by atoms with Gasteiger partial charge in [-0.25, -0.2) is 0 Å². The van der Waals surface area contributed by atoms with Gasteiger partial charge in [0, 0.05) is 24.5 Å². The molecule has 2 heteroatoms. The standard InChI is InChI=1S/C18H22N2/c1-3-14-7-4-6-13(2)17(14)20-12-16-9-5-8-15-10-11-19-18(15)16/h4-9,19-20H,3,10-12H2,1-2H3. The molecule has 1 aliphatic heterocycles. The minimum atomic E-state index is 0.883. The molecule has 0 atom stereocenters. The summed E-state index contributed by atoms with van der Waals surface area (Å²) in [5, 5.41) is 7.15. The lowest BCUT2D eigenvalue weighted by atomic mass is 10.0. The van der Waals surface area contributed by atoms with E-state index in [4.69, 9.17) is 0 Å². The molecule has 0 radical (unpaired) electrons. The number of fused-ring (bicyclic) bond motifs is 1. The summed E-state index contributed by atoms with van der Waals surface area (Å²) in [7, 11) is 0. The van der Waals surface area contributed by atoms with Crippen LogP contribution in [-0.4, -0.2) is 6.54 Å². The minimum Gasteiger partial charge on any atom is -0.384 e. The minimum absolute atomic E-state index is 0.883. The van der Waals surface area contributed by atoms with Crippen LogP contribution in [0.4, 0.5) is 11.4 Å². The molecule has 1 heterocycles. The first-order valence-corrected chi connectivity index (χ1v) is 7.46. The van der Waals surface area contributed by atoms with Gasteiger partial charge in [0.1, 0.15) is 0 Å². The quantitative estimate of drug-likeness (QED) is 0.869. The molecule has 0 unspecified atom stereocenters. The average molecular weight is 266 g/mol. The lowest BCUT2D eigenvalue weighted by Gasteiger charge is -2.16. The Morgan fingerprint density at radius 2 is 1.90 bits per heavy atom. The molecule has 20 heavy (non-hydrogen) atoms. The number of nitrogens with one attached hydrogen (secondary N) is 2. The van der Waals surface area contributed by atoms with Gasteiger partial charge < -0.3 is 10.6 Å². The van der Waals surface area contributed by atoms with Gasteiger partial charge in [0.05, 0.1) is 0 Å². The van der Waals surface area contributed by atoms with Crippen molar-refractivity contribution in [3.8, 4) is 0 Å². The van der Waals surface area contributed by atoms with Crippen LogP contribution < -0.4 is 10.6 Å². The van der Waals surface area contributed by atoms with Gasteiger partial charge >= 0.3 is 0 Å². The predicted molar refractivity (Wildman–Crippen MR) is 86.5 cm³/mol. The molecular formula is C18H22N2. The van der Waals surface area contributed by atoms with Gasteiger partial charge in [0.15, 0.2) is 0 Å². The van der Waals surface area contributed by atoms with Crippen LogP contribution in [0.5, 0.6) is 0 Å². The van der Waals surface area contributed by atoms with E-state index in [9.17, 15) is 0 Å². The second kappa shape index (κ2) is 5.58. The molecule has 1 aliphatic rings. The monoisotopic (exact) mass is 266 g/mol. The lowest BCUT2D eigenvalue weighted by Crippen LogP contribution is -2.06. The second-order valence-corrected chi connectivity index (χ2v) is 5.44. The van der Waals surface area contributed by atoms with Gasteiger partial charge in [-0.05, 0) is 42.0 Å². The maximum atomic E-state index is 3.64. The van der Waals surface area contributed by atoms with Gasteiger partial charge in [-0.1, -0.05) is 43.3 Å². The Kier molecular flexibility index (Phi) is 3.64. The maximum Gasteiger partial charge on any atom is 0.0424 e. The van der Waals surface area contributed by atoms with Crippen LogP contribution in [-0.2, 0) is 19.4 Å². The highest BCUT2D eigenvalue weighted by molar-refractivity contribution is 5.63. The highest BCUT2D eigenvalue weighted by Gasteiger charge is 2.13. The van der Waals surface area contributed by atoms with E-state index in [1.54, 1.807) is 0 Å². The van der Waals surface area contributed by atoms with E-state index in [0.29, 0.717) is 0 Å². The Morgan fingerprint density at radius 1 is 1.10 bits per heavy atom. The third-order valence-corrected chi connectivity index (χ3v) is 4.13. The fourth-order valence-electron chi connectivity index (χ4n) is 3.02. The van der Waals surface area contributed by atoms with Crippen LogP contribution in [0.3, 0.4) is 0 Å². The summed E-state index contributed by atoms with van der Waals surface area (Å²) in [6.07, 6.45) is 2.21. The highest BCUT2D eigenvalue weighted by Crippen LogP contribution is 2.28. The predicted octanol–water partition coefficient (Wildman–Crippen LogP) is 4.14. The zero-order valence-electron chi connectivity index (χ0n) is 12.3. The van der Waals surface area contributed by atoms with Crippen LogP contribution in [0.25, 0.3) is 0 Å². The van der Waals surface area contributed by atoms with Crippen molar-refractivity contribution >= 4 is 11.4 Å². The summed E-state index contributed by atoms with van der Waals surface area (Å²) in [6.45, 7) is 6.34. The normalized spacial score (nSPS) is 12.9. The molecule has 0 amide bonds. The summed E-state index contributed by atoms with van der Waals surface area (Å²) in [5.41, 5.74) is 8.17. The van der Waals surface area contributed by atoms with Gasteiger partial charge in [0.2, 0.25) is 0 Å². The summed E-state index contributed by atoms with van der Waals surface area (Å²) in [4.78, 5) is 0. The first-order valence-electron chi connectivity index (χ1n) is 7.46. The molecular weight excluding hydrogens is 244 g/mol. The van der Waals surface area contributed by atoms with E-state index in [2.05, 4.69) is 60.9 Å². The van der Waals surface area contributed by atoms with Crippen molar-refractivity contribution in [2.75, 3.05) is 17.2 Å². The van der Waals surface area contributed by atoms with Crippen LogP contribution in [0.1, 0.15) is 29.2 Å². The molecule has 0 aliphatic carbocycles. The lowest BCUT2D eigenvalue weighted by molar-refractivity contribution is 1.08. The van der Waals surface area contributed by atoms with Crippen molar-refractivity contribution in [1.29, 1.82) is 0 Å². The summed E-state index contributed by atoms with van der Waals surface area (Å²) in [5.74, 6) is 0. The highest BCUT2D eigenvalue weighted by atomic mass is 14.9. The molecule has 0 saturated carbocycles. The second-order valence-electron chi connectivity index (χ2n) is 5.44. The number of rotatable bonds is 4. The molecule has 2 N–H and O–H groups in total. The Labute approximate surface area is 121 Å². The summed E-state index contributed by atoms with van der Waals surface area (Å²) in [6, 6.07) is 13.1. The smallest absolute Gasteiger partial charge is 0.0424 e. The van der Waals surface area contributed by atoms with Crippen molar-refractivity contribution in [3.05, 3.63) is 58.7 Å². The molecule has 104 valence electrons. The molecule has 0 spiro atoms. The first-order chi connectivity index (χ1) is 9.79. The topological polar surface area (TPSA) is 24.1 Å². The molecule has 0 saturated heterocycles. The van der Waals surface area contributed by atoms with Crippen molar-refractivity contribution in [1.82, 2.24) is 0 Å². The van der Waals surface area contributed by atoms with Crippen molar-refractivity contribution in [2.45, 2.75) is 33.2 Å². The molecule has 0 aromatic heterocycles. The number of hydrogen-bond donors (Lipinski definition) is 2. The number of anilines is 2. The Bertz CT molecular complexity index is 617. The molecule has 3 rings (SSSR count). The van der Waals surface area contributed by atoms with Gasteiger partial charge in [-0.3, -0.25) is 0 Å². The molecule has 0 bridgehead atoms. The zero-order valence-corrected chi connectivity index (χ0v) is 12.3. The fourth-order valence-corrected chi connectivity index (χ4v) is 3.02. The Morgan fingerprint density at radius 3 is 2.75 bits per heavy atom. The molecule has 2 aromatic carbocycles. The van der Waals surface area contributed by atoms with E-state index in [1.807, 2.05) is 0 Å². The third kappa shape index (κ3) is 2.38. The Hall–Kier alpha value is -1.96. The molecule has 2 aromatic rings. The maximum absolute atomic E-state index is 3.64. The fraction of sp³-hybridized carbons (Fsp3) is 0.333. The first kappa shape index (κ1) is 13.0. The number of para-hydroxylation sites is 2. The molecule has 2 nitrogen and oxygen atoms in total. The SMILES string of the molecule is CCc1cccc(C)c1NCc1cccc2c1NCC2. The van der Waals surface area contributed by atoms with Crippen LogP contribution in [0, 0.1) is 6.92 Å². The van der Waals surface area contributed by atoms with Crippen molar-refractivity contribution in [2.24, 2.45) is 0 Å². The van der Waals surface area contributed by atoms with E-state index in [1.165, 1.54) is 33.6 Å². The number of benzene rings is 2. The van der Waals surface area contributed by atoms with Crippen molar-refractivity contribution < 1.29 is 0 Å². The van der Waals surface area contributed by atoms with Crippen molar-refractivity contribution in [3.63, 3.8) is 0 Å². The van der Waals surface area contributed by atoms with Gasteiger partial charge in [-0.15, -0.1) is 0 Å². The van der Waals surface area contributed by atoms with Gasteiger partial charge in [-0.2, -0.15) is 0 Å². The average Bonchev–Trinajstić information content (AvgIpc) is 2.94. The number of hydrogen-bond acceptors (Lipinski definition) is 2. The van der Waals surface area contributed by atoms with E-state index in [0.717, 1.165) is 25.9 Å². The number of aryl methyl sites for hydroxylation is 2. The van der Waals surface area contributed by atoms with Crippen LogP contribution in [0.15, 0.2) is 36.4 Å². The van der Waals surface area contributed by atoms with E-state index < -0.39 is 0 Å². The van der Waals surface area contributed by atoms with Crippen LogP contribution >= 0.6 is 0 Å². The third-order valence-electron chi connectivity index (χ3n) is 4.13. The van der Waals surface area contributed by atoms with E-state index >= 15 is 0 Å². The van der Waals surface area contributed by atoms with E-state index in [-0.39, 0.29) is 0 Å². The zero-order chi connectivity index (χ0) is 13.9. The summed E-state index contributed by atoms with van der Waals surface area (Å²) < 4.78 is 0.